The molecule has 0 aliphatic carbocycles. The largest absolute Gasteiger partial charge is 0.320 e. The van der Waals surface area contributed by atoms with Gasteiger partial charge in [-0.05, 0) is 41.9 Å². The van der Waals surface area contributed by atoms with Gasteiger partial charge in [0, 0.05) is 11.9 Å². The van der Waals surface area contributed by atoms with Crippen molar-refractivity contribution in [3.63, 3.8) is 0 Å². The van der Waals surface area contributed by atoms with Crippen LogP contribution in [0.4, 0.5) is 5.69 Å². The first-order valence-electron chi connectivity index (χ1n) is 5.03. The monoisotopic (exact) mass is 294 g/mol. The van der Waals surface area contributed by atoms with Crippen molar-refractivity contribution in [1.82, 2.24) is 15.2 Å². The van der Waals surface area contributed by atoms with Crippen molar-refractivity contribution in [3.05, 3.63) is 39.9 Å². The van der Waals surface area contributed by atoms with E-state index in [1.54, 1.807) is 25.3 Å². The zero-order chi connectivity index (χ0) is 12.4. The van der Waals surface area contributed by atoms with Crippen LogP contribution in [-0.2, 0) is 0 Å². The summed E-state index contributed by atoms with van der Waals surface area (Å²) in [6.07, 6.45) is 1.65. The van der Waals surface area contributed by atoms with E-state index in [9.17, 15) is 4.79 Å². The number of pyridine rings is 1. The van der Waals surface area contributed by atoms with Gasteiger partial charge >= 0.3 is 0 Å². The third-order valence-corrected chi connectivity index (χ3v) is 2.99. The molecule has 0 unspecified atom stereocenters. The van der Waals surface area contributed by atoms with Crippen LogP contribution in [0.15, 0.2) is 22.9 Å². The third kappa shape index (κ3) is 2.36. The highest BCUT2D eigenvalue weighted by Crippen LogP contribution is 2.20. The Balaban J connectivity index is 2.27. The number of H-pyrrole nitrogens is 1. The second kappa shape index (κ2) is 4.67. The fourth-order valence-corrected chi connectivity index (χ4v) is 1.90. The van der Waals surface area contributed by atoms with Crippen LogP contribution >= 0.6 is 15.9 Å². The van der Waals surface area contributed by atoms with Crippen molar-refractivity contribution in [2.24, 2.45) is 0 Å². The molecule has 5 nitrogen and oxygen atoms in total. The predicted octanol–water partition coefficient (Wildman–Crippen LogP) is 2.44. The van der Waals surface area contributed by atoms with Gasteiger partial charge in [0.15, 0.2) is 0 Å². The van der Waals surface area contributed by atoms with Gasteiger partial charge in [-0.15, -0.1) is 0 Å². The Labute approximate surface area is 107 Å². The van der Waals surface area contributed by atoms with E-state index in [4.69, 9.17) is 0 Å². The van der Waals surface area contributed by atoms with Gasteiger partial charge in [-0.1, -0.05) is 0 Å². The molecule has 0 atom stereocenters. The summed E-state index contributed by atoms with van der Waals surface area (Å²) >= 11 is 3.28. The summed E-state index contributed by atoms with van der Waals surface area (Å²) in [7, 11) is 0. The van der Waals surface area contributed by atoms with Crippen LogP contribution in [0, 0.1) is 13.8 Å². The molecule has 2 N–H and O–H groups in total. The summed E-state index contributed by atoms with van der Waals surface area (Å²) in [6, 6.07) is 3.54. The van der Waals surface area contributed by atoms with Gasteiger partial charge in [0.05, 0.1) is 16.9 Å². The van der Waals surface area contributed by atoms with Crippen molar-refractivity contribution in [2.45, 2.75) is 13.8 Å². The first-order chi connectivity index (χ1) is 8.09. The van der Waals surface area contributed by atoms with Gasteiger partial charge in [0.2, 0.25) is 0 Å². The minimum absolute atomic E-state index is 0.192. The number of carbonyl (C=O) groups excluding carboxylic acids is 1. The quantitative estimate of drug-likeness (QED) is 0.836. The van der Waals surface area contributed by atoms with Crippen molar-refractivity contribution in [3.8, 4) is 0 Å². The van der Waals surface area contributed by atoms with Gasteiger partial charge in [0.25, 0.3) is 5.91 Å². The molecule has 0 aliphatic rings. The van der Waals surface area contributed by atoms with E-state index in [1.165, 1.54) is 0 Å². The second-order valence-corrected chi connectivity index (χ2v) is 4.36. The van der Waals surface area contributed by atoms with Crippen LogP contribution in [0.5, 0.6) is 0 Å². The molecule has 2 heterocycles. The molecule has 0 spiro atoms. The number of anilines is 1. The number of aromatic nitrogens is 3. The highest BCUT2D eigenvalue weighted by molar-refractivity contribution is 9.10. The van der Waals surface area contributed by atoms with E-state index in [-0.39, 0.29) is 5.91 Å². The molecule has 6 heteroatoms. The van der Waals surface area contributed by atoms with Crippen molar-refractivity contribution >= 4 is 27.5 Å². The van der Waals surface area contributed by atoms with Gasteiger partial charge in [-0.2, -0.15) is 5.10 Å². The zero-order valence-electron chi connectivity index (χ0n) is 9.41. The lowest BCUT2D eigenvalue weighted by Gasteiger charge is -2.06. The topological polar surface area (TPSA) is 70.7 Å². The van der Waals surface area contributed by atoms with Gasteiger partial charge in [0.1, 0.15) is 4.60 Å². The van der Waals surface area contributed by atoms with Gasteiger partial charge < -0.3 is 5.32 Å². The number of hydrogen-bond donors (Lipinski definition) is 2. The Morgan fingerprint density at radius 1 is 1.47 bits per heavy atom. The van der Waals surface area contributed by atoms with E-state index in [0.29, 0.717) is 21.5 Å². The van der Waals surface area contributed by atoms with Gasteiger partial charge in [-0.25, -0.2) is 4.98 Å². The standard InChI is InChI=1S/C11H11BrN4O/c1-6-9(7(2)16-15-6)11(17)14-8-4-3-5-13-10(8)12/h3-5H,1-2H3,(H,14,17)(H,15,16). The van der Waals surface area contributed by atoms with Crippen molar-refractivity contribution < 1.29 is 4.79 Å². The molecule has 0 aromatic carbocycles. The smallest absolute Gasteiger partial charge is 0.259 e. The molecule has 0 fully saturated rings. The van der Waals surface area contributed by atoms with E-state index in [2.05, 4.69) is 36.4 Å². The number of halogens is 1. The van der Waals surface area contributed by atoms with Gasteiger partial charge in [-0.3, -0.25) is 9.89 Å². The summed E-state index contributed by atoms with van der Waals surface area (Å²) in [6.45, 7) is 3.60. The van der Waals surface area contributed by atoms with E-state index in [0.717, 1.165) is 5.69 Å². The maximum absolute atomic E-state index is 12.0. The van der Waals surface area contributed by atoms with E-state index in [1.807, 2.05) is 6.92 Å². The molecule has 2 aromatic heterocycles. The Morgan fingerprint density at radius 3 is 2.82 bits per heavy atom. The highest BCUT2D eigenvalue weighted by Gasteiger charge is 2.16. The SMILES string of the molecule is Cc1n[nH]c(C)c1C(=O)Nc1cccnc1Br. The predicted molar refractivity (Wildman–Crippen MR) is 68.0 cm³/mol. The number of nitrogens with zero attached hydrogens (tertiary/aromatic N) is 2. The molecule has 17 heavy (non-hydrogen) atoms. The maximum atomic E-state index is 12.0. The molecule has 0 aliphatic heterocycles. The minimum atomic E-state index is -0.192. The number of aryl methyl sites for hydroxylation is 2. The molecular weight excluding hydrogens is 284 g/mol. The third-order valence-electron chi connectivity index (χ3n) is 2.36. The molecule has 2 rings (SSSR count). The molecule has 1 amide bonds. The van der Waals surface area contributed by atoms with Crippen LogP contribution in [0.3, 0.4) is 0 Å². The average molecular weight is 295 g/mol. The lowest BCUT2D eigenvalue weighted by atomic mass is 10.2. The van der Waals surface area contributed by atoms with E-state index < -0.39 is 0 Å². The van der Waals surface area contributed by atoms with Crippen LogP contribution in [0.25, 0.3) is 0 Å². The Morgan fingerprint density at radius 2 is 2.24 bits per heavy atom. The summed E-state index contributed by atoms with van der Waals surface area (Å²) in [4.78, 5) is 16.1. The maximum Gasteiger partial charge on any atom is 0.259 e. The Kier molecular flexibility index (Phi) is 3.23. The van der Waals surface area contributed by atoms with Crippen LogP contribution in [0.2, 0.25) is 0 Å². The lowest BCUT2D eigenvalue weighted by Crippen LogP contribution is -2.14. The van der Waals surface area contributed by atoms with Crippen LogP contribution in [0.1, 0.15) is 21.7 Å². The zero-order valence-corrected chi connectivity index (χ0v) is 11.0. The minimum Gasteiger partial charge on any atom is -0.320 e. The number of carbonyl (C=O) groups is 1. The normalized spacial score (nSPS) is 10.3. The molecule has 0 radical (unpaired) electrons. The molecule has 0 bridgehead atoms. The van der Waals surface area contributed by atoms with Crippen LogP contribution < -0.4 is 5.32 Å². The first kappa shape index (κ1) is 11.8. The first-order valence-corrected chi connectivity index (χ1v) is 5.82. The summed E-state index contributed by atoms with van der Waals surface area (Å²) in [5.41, 5.74) is 2.64. The second-order valence-electron chi connectivity index (χ2n) is 3.60. The van der Waals surface area contributed by atoms with Crippen molar-refractivity contribution in [2.75, 3.05) is 5.32 Å². The molecule has 0 saturated heterocycles. The van der Waals surface area contributed by atoms with Crippen molar-refractivity contribution in [1.29, 1.82) is 0 Å². The highest BCUT2D eigenvalue weighted by atomic mass is 79.9. The summed E-state index contributed by atoms with van der Waals surface area (Å²) in [5, 5.41) is 9.55. The average Bonchev–Trinajstić information content (AvgIpc) is 2.62. The summed E-state index contributed by atoms with van der Waals surface area (Å²) < 4.78 is 0.604. The number of hydrogen-bond acceptors (Lipinski definition) is 3. The fraction of sp³-hybridized carbons (Fsp3) is 0.182. The van der Waals surface area contributed by atoms with Crippen LogP contribution in [-0.4, -0.2) is 21.1 Å². The number of aromatic amines is 1. The Bertz CT molecular complexity index is 545. The molecule has 88 valence electrons. The molecular formula is C11H11BrN4O. The molecule has 2 aromatic rings. The summed E-state index contributed by atoms with van der Waals surface area (Å²) in [5.74, 6) is -0.192. The molecule has 0 saturated carbocycles. The lowest BCUT2D eigenvalue weighted by molar-refractivity contribution is 0.102. The number of nitrogens with one attached hydrogen (secondary N) is 2. The fourth-order valence-electron chi connectivity index (χ4n) is 1.55. The van der Waals surface area contributed by atoms with E-state index >= 15 is 0 Å². The number of rotatable bonds is 2. The Hall–Kier alpha value is -1.69. The number of amides is 1.